The summed E-state index contributed by atoms with van der Waals surface area (Å²) in [5.74, 6) is 0. The Kier molecular flexibility index (Phi) is 4.84. The third kappa shape index (κ3) is 3.33. The zero-order valence-electron chi connectivity index (χ0n) is 16.7. The fourth-order valence-corrected chi connectivity index (χ4v) is 5.16. The van der Waals surface area contributed by atoms with Crippen LogP contribution in [0.5, 0.6) is 0 Å². The highest BCUT2D eigenvalue weighted by molar-refractivity contribution is 7.80. The van der Waals surface area contributed by atoms with Gasteiger partial charge in [0.05, 0.1) is 11.7 Å². The highest BCUT2D eigenvalue weighted by Crippen LogP contribution is 2.43. The molecule has 0 radical (unpaired) electrons. The van der Waals surface area contributed by atoms with Crippen LogP contribution < -0.4 is 10.2 Å². The van der Waals surface area contributed by atoms with E-state index >= 15 is 0 Å². The number of thiocarbonyl (C=S) groups is 1. The van der Waals surface area contributed by atoms with Crippen molar-refractivity contribution in [2.75, 3.05) is 4.90 Å². The van der Waals surface area contributed by atoms with E-state index < -0.39 is 0 Å². The van der Waals surface area contributed by atoms with Gasteiger partial charge in [-0.25, -0.2) is 0 Å². The monoisotopic (exact) mass is 402 g/mol. The number of aryl methyl sites for hydroxylation is 1. The van der Waals surface area contributed by atoms with Crippen LogP contribution in [0.1, 0.15) is 60.8 Å². The maximum atomic E-state index is 5.84. The average Bonchev–Trinajstić information content (AvgIpc) is 3.48. The first-order valence-corrected chi connectivity index (χ1v) is 10.9. The van der Waals surface area contributed by atoms with Crippen LogP contribution in [-0.2, 0) is 0 Å². The summed E-state index contributed by atoms with van der Waals surface area (Å²) in [5, 5.41) is 4.33. The molecule has 3 heterocycles. The summed E-state index contributed by atoms with van der Waals surface area (Å²) in [6.07, 6.45) is 9.25. The van der Waals surface area contributed by atoms with E-state index in [1.807, 2.05) is 12.3 Å². The van der Waals surface area contributed by atoms with Gasteiger partial charge in [0.15, 0.2) is 5.11 Å². The first-order chi connectivity index (χ1) is 14.2. The van der Waals surface area contributed by atoms with Gasteiger partial charge in [0, 0.05) is 29.8 Å². The molecule has 4 nitrogen and oxygen atoms in total. The highest BCUT2D eigenvalue weighted by Gasteiger charge is 2.42. The molecule has 0 spiro atoms. The van der Waals surface area contributed by atoms with Gasteiger partial charge in [0.2, 0.25) is 0 Å². The topological polar surface area (TPSA) is 33.1 Å². The molecule has 0 bridgehead atoms. The fraction of sp³-hybridized carbons (Fsp3) is 0.333. The molecule has 5 rings (SSSR count). The molecule has 2 atom stereocenters. The lowest BCUT2D eigenvalue weighted by Crippen LogP contribution is -2.30. The Morgan fingerprint density at radius 1 is 1.00 bits per heavy atom. The number of pyridine rings is 1. The van der Waals surface area contributed by atoms with Crippen molar-refractivity contribution in [2.24, 2.45) is 0 Å². The molecule has 1 aromatic carbocycles. The van der Waals surface area contributed by atoms with Crippen molar-refractivity contribution in [3.63, 3.8) is 0 Å². The van der Waals surface area contributed by atoms with Gasteiger partial charge in [-0.05, 0) is 68.4 Å². The van der Waals surface area contributed by atoms with Gasteiger partial charge < -0.3 is 14.8 Å². The normalized spacial score (nSPS) is 22.2. The molecule has 2 fully saturated rings. The number of aromatic nitrogens is 2. The number of anilines is 1. The van der Waals surface area contributed by atoms with Crippen molar-refractivity contribution in [3.8, 4) is 0 Å². The minimum atomic E-state index is 0.0139. The molecule has 1 aliphatic carbocycles. The summed E-state index contributed by atoms with van der Waals surface area (Å²) < 4.78 is 2.49. The second-order valence-corrected chi connectivity index (χ2v) is 8.50. The average molecular weight is 403 g/mol. The molecule has 3 aromatic rings. The number of hydrogen-bond donors (Lipinski definition) is 1. The van der Waals surface area contributed by atoms with Crippen LogP contribution in [-0.4, -0.2) is 14.7 Å². The Labute approximate surface area is 177 Å². The molecular weight excluding hydrogens is 376 g/mol. The van der Waals surface area contributed by atoms with Crippen LogP contribution >= 0.6 is 12.2 Å². The van der Waals surface area contributed by atoms with E-state index in [0.717, 1.165) is 16.5 Å². The first-order valence-electron chi connectivity index (χ1n) is 10.5. The lowest BCUT2D eigenvalue weighted by Gasteiger charge is -2.30. The van der Waals surface area contributed by atoms with Gasteiger partial charge in [0.25, 0.3) is 0 Å². The summed E-state index contributed by atoms with van der Waals surface area (Å²) in [5.41, 5.74) is 4.70. The standard InChI is InChI=1S/C24H26N4S/c1-17-11-13-19(14-12-17)28-23(21-10-6-16-27(21)18-7-2-3-8-18)22(26-24(28)29)20-9-4-5-15-25-20/h4-6,9-16,18,22-23H,2-3,7-8H2,1H3,(H,26,29)/t22-,23+/m1/s1. The van der Waals surface area contributed by atoms with Crippen molar-refractivity contribution in [1.82, 2.24) is 14.9 Å². The van der Waals surface area contributed by atoms with Crippen molar-refractivity contribution >= 4 is 23.0 Å². The maximum Gasteiger partial charge on any atom is 0.174 e. The molecule has 1 aliphatic heterocycles. The summed E-state index contributed by atoms with van der Waals surface area (Å²) in [4.78, 5) is 6.94. The third-order valence-electron chi connectivity index (χ3n) is 6.24. The van der Waals surface area contributed by atoms with Gasteiger partial charge in [-0.3, -0.25) is 4.98 Å². The molecule has 1 saturated heterocycles. The molecular formula is C24H26N4S. The van der Waals surface area contributed by atoms with E-state index in [1.54, 1.807) is 0 Å². The second kappa shape index (κ2) is 7.64. The van der Waals surface area contributed by atoms with Gasteiger partial charge in [-0.2, -0.15) is 0 Å². The Bertz CT molecular complexity index is 989. The first kappa shape index (κ1) is 18.4. The van der Waals surface area contributed by atoms with Crippen LogP contribution in [0.2, 0.25) is 0 Å². The van der Waals surface area contributed by atoms with E-state index in [1.165, 1.54) is 36.9 Å². The predicted molar refractivity (Wildman–Crippen MR) is 121 cm³/mol. The van der Waals surface area contributed by atoms with Crippen molar-refractivity contribution in [3.05, 3.63) is 83.9 Å². The van der Waals surface area contributed by atoms with Gasteiger partial charge >= 0.3 is 0 Å². The van der Waals surface area contributed by atoms with Crippen LogP contribution in [0, 0.1) is 6.92 Å². The summed E-state index contributed by atoms with van der Waals surface area (Å²) in [7, 11) is 0. The Morgan fingerprint density at radius 3 is 2.52 bits per heavy atom. The molecule has 0 unspecified atom stereocenters. The quantitative estimate of drug-likeness (QED) is 0.586. The molecule has 1 N–H and O–H groups in total. The molecule has 0 amide bonds. The lowest BCUT2D eigenvalue weighted by molar-refractivity contribution is 0.461. The summed E-state index contributed by atoms with van der Waals surface area (Å²) in [6, 6.07) is 19.8. The summed E-state index contributed by atoms with van der Waals surface area (Å²) in [6.45, 7) is 2.11. The Balaban J connectivity index is 1.62. The van der Waals surface area contributed by atoms with Crippen LogP contribution in [0.25, 0.3) is 0 Å². The molecule has 29 heavy (non-hydrogen) atoms. The van der Waals surface area contributed by atoms with Crippen molar-refractivity contribution < 1.29 is 0 Å². The van der Waals surface area contributed by atoms with E-state index in [2.05, 4.69) is 81.4 Å². The smallest absolute Gasteiger partial charge is 0.174 e. The second-order valence-electron chi connectivity index (χ2n) is 8.11. The predicted octanol–water partition coefficient (Wildman–Crippen LogP) is 5.48. The number of benzene rings is 1. The van der Waals surface area contributed by atoms with Crippen LogP contribution in [0.15, 0.2) is 67.0 Å². The Hall–Kier alpha value is -2.66. The minimum Gasteiger partial charge on any atom is -0.351 e. The molecule has 1 saturated carbocycles. The zero-order valence-corrected chi connectivity index (χ0v) is 17.5. The van der Waals surface area contributed by atoms with Gasteiger partial charge in [-0.15, -0.1) is 0 Å². The largest absolute Gasteiger partial charge is 0.351 e. The van der Waals surface area contributed by atoms with Crippen molar-refractivity contribution in [2.45, 2.75) is 50.7 Å². The van der Waals surface area contributed by atoms with Crippen molar-refractivity contribution in [1.29, 1.82) is 0 Å². The minimum absolute atomic E-state index is 0.0139. The SMILES string of the molecule is Cc1ccc(N2C(=S)N[C@H](c3ccccn3)[C@@H]2c2cccn2C2CCCC2)cc1. The van der Waals surface area contributed by atoms with E-state index in [4.69, 9.17) is 12.2 Å². The highest BCUT2D eigenvalue weighted by atomic mass is 32.1. The summed E-state index contributed by atoms with van der Waals surface area (Å²) >= 11 is 5.84. The zero-order chi connectivity index (χ0) is 19.8. The number of hydrogen-bond acceptors (Lipinski definition) is 2. The maximum absolute atomic E-state index is 5.84. The number of nitrogens with one attached hydrogen (secondary N) is 1. The van der Waals surface area contributed by atoms with E-state index in [0.29, 0.717) is 6.04 Å². The van der Waals surface area contributed by atoms with E-state index in [-0.39, 0.29) is 12.1 Å². The van der Waals surface area contributed by atoms with Crippen LogP contribution in [0.4, 0.5) is 5.69 Å². The number of nitrogens with zero attached hydrogens (tertiary/aromatic N) is 3. The lowest BCUT2D eigenvalue weighted by atomic mass is 10.00. The number of rotatable bonds is 4. The molecule has 5 heteroatoms. The van der Waals surface area contributed by atoms with Gasteiger partial charge in [-0.1, -0.05) is 36.6 Å². The molecule has 2 aliphatic rings. The molecule has 2 aromatic heterocycles. The van der Waals surface area contributed by atoms with E-state index in [9.17, 15) is 0 Å². The third-order valence-corrected chi connectivity index (χ3v) is 6.56. The Morgan fingerprint density at radius 2 is 1.79 bits per heavy atom. The fourth-order valence-electron chi connectivity index (χ4n) is 4.81. The molecule has 148 valence electrons. The van der Waals surface area contributed by atoms with Gasteiger partial charge in [0.1, 0.15) is 6.04 Å². The van der Waals surface area contributed by atoms with Crippen LogP contribution in [0.3, 0.4) is 0 Å².